The van der Waals surface area contributed by atoms with E-state index >= 15 is 0 Å². The highest BCUT2D eigenvalue weighted by Gasteiger charge is 2.36. The van der Waals surface area contributed by atoms with Gasteiger partial charge in [0.25, 0.3) is 0 Å². The fraction of sp³-hybridized carbons (Fsp3) is 0.321. The Bertz CT molecular complexity index is 1520. The number of rotatable bonds is 7. The average molecular weight is 572 g/mol. The van der Waals surface area contributed by atoms with Crippen molar-refractivity contribution in [3.05, 3.63) is 70.7 Å². The first kappa shape index (κ1) is 27.7. The van der Waals surface area contributed by atoms with E-state index in [1.54, 1.807) is 12.1 Å². The molecule has 1 unspecified atom stereocenters. The number of hydrogen-bond acceptors (Lipinski definition) is 7. The van der Waals surface area contributed by atoms with Crippen LogP contribution in [0.5, 0.6) is 0 Å². The molecular formula is C28H28F3N5O3S. The van der Waals surface area contributed by atoms with Crippen LogP contribution < -0.4 is 10.2 Å². The van der Waals surface area contributed by atoms with Crippen molar-refractivity contribution in [3.63, 3.8) is 0 Å². The normalized spacial score (nSPS) is 14.8. The number of anilines is 2. The van der Waals surface area contributed by atoms with Gasteiger partial charge in [0.1, 0.15) is 0 Å². The van der Waals surface area contributed by atoms with Gasteiger partial charge in [-0.25, -0.2) is 4.79 Å². The van der Waals surface area contributed by atoms with Gasteiger partial charge < -0.3 is 25.0 Å². The van der Waals surface area contributed by atoms with Crippen LogP contribution in [0.15, 0.2) is 54.6 Å². The number of hydrogen-bond donors (Lipinski definition) is 2. The molecule has 4 aromatic rings. The lowest BCUT2D eigenvalue weighted by atomic mass is 10.1. The molecule has 1 saturated heterocycles. The molecule has 40 heavy (non-hydrogen) atoms. The van der Waals surface area contributed by atoms with Crippen LogP contribution in [0.4, 0.5) is 29.5 Å². The number of carboxylic acid groups (broad SMARTS) is 1. The zero-order valence-corrected chi connectivity index (χ0v) is 22.7. The summed E-state index contributed by atoms with van der Waals surface area (Å²) in [6, 6.07) is 16.1. The molecule has 5 rings (SSSR count). The predicted octanol–water partition coefficient (Wildman–Crippen LogP) is 6.50. The summed E-state index contributed by atoms with van der Waals surface area (Å²) in [5, 5.41) is 20.4. The summed E-state index contributed by atoms with van der Waals surface area (Å²) in [6.07, 6.45) is -5.65. The largest absolute Gasteiger partial charge is 0.465 e. The summed E-state index contributed by atoms with van der Waals surface area (Å²) in [5.74, 6) is 0.268. The number of fused-ring (bicyclic) bond motifs is 1. The van der Waals surface area contributed by atoms with Crippen LogP contribution in [0.1, 0.15) is 29.1 Å². The minimum atomic E-state index is -4.64. The third-order valence-corrected chi connectivity index (χ3v) is 8.13. The molecule has 0 saturated carbocycles. The molecule has 1 aliphatic rings. The summed E-state index contributed by atoms with van der Waals surface area (Å²) in [7, 11) is 1.52. The maximum absolute atomic E-state index is 13.8. The van der Waals surface area contributed by atoms with Crippen LogP contribution in [0.3, 0.4) is 0 Å². The van der Waals surface area contributed by atoms with Crippen molar-refractivity contribution in [3.8, 4) is 10.4 Å². The van der Waals surface area contributed by atoms with E-state index in [0.717, 1.165) is 26.6 Å². The van der Waals surface area contributed by atoms with Crippen molar-refractivity contribution in [1.29, 1.82) is 0 Å². The number of nitrogens with one attached hydrogen (secondary N) is 1. The first-order chi connectivity index (χ1) is 19.1. The van der Waals surface area contributed by atoms with Gasteiger partial charge >= 0.3 is 12.3 Å². The first-order valence-electron chi connectivity index (χ1n) is 12.7. The lowest BCUT2D eigenvalue weighted by Crippen LogP contribution is -2.36. The van der Waals surface area contributed by atoms with Crippen molar-refractivity contribution in [2.45, 2.75) is 25.7 Å². The van der Waals surface area contributed by atoms with E-state index in [2.05, 4.69) is 20.4 Å². The van der Waals surface area contributed by atoms with Gasteiger partial charge in [0.05, 0.1) is 19.3 Å². The predicted molar refractivity (Wildman–Crippen MR) is 149 cm³/mol. The molecule has 8 nitrogen and oxygen atoms in total. The SMILES string of the molecule is CC(Nc1nnc(C(F)(F)F)c2ccc(N3CCOCC3)cc12)c1ccc(-c2ccccc2CN(C)C(=O)O)s1. The Hall–Kier alpha value is -3.90. The molecule has 2 aromatic carbocycles. The van der Waals surface area contributed by atoms with E-state index < -0.39 is 18.0 Å². The minimum absolute atomic E-state index is 0.0162. The van der Waals surface area contributed by atoms with E-state index in [4.69, 9.17) is 4.74 Å². The van der Waals surface area contributed by atoms with E-state index in [1.807, 2.05) is 43.3 Å². The molecule has 1 amide bonds. The second-order valence-corrected chi connectivity index (χ2v) is 10.7. The number of aromatic nitrogens is 2. The molecule has 0 bridgehead atoms. The molecule has 0 spiro atoms. The molecule has 210 valence electrons. The molecule has 2 aromatic heterocycles. The third kappa shape index (κ3) is 5.82. The molecule has 0 aliphatic carbocycles. The fourth-order valence-electron chi connectivity index (χ4n) is 4.70. The van der Waals surface area contributed by atoms with Crippen molar-refractivity contribution in [2.24, 2.45) is 0 Å². The second-order valence-electron chi connectivity index (χ2n) is 9.59. The smallest absolute Gasteiger partial charge is 0.435 e. The summed E-state index contributed by atoms with van der Waals surface area (Å²) in [6.45, 7) is 4.56. The molecular weight excluding hydrogens is 543 g/mol. The average Bonchev–Trinajstić information content (AvgIpc) is 3.43. The van der Waals surface area contributed by atoms with Crippen molar-refractivity contribution >= 4 is 39.7 Å². The Labute approximate surface area is 233 Å². The van der Waals surface area contributed by atoms with Crippen LogP contribution in [-0.4, -0.2) is 59.6 Å². The number of nitrogens with zero attached hydrogens (tertiary/aromatic N) is 4. The van der Waals surface area contributed by atoms with Gasteiger partial charge in [-0.1, -0.05) is 24.3 Å². The van der Waals surface area contributed by atoms with Crippen LogP contribution in [0.2, 0.25) is 0 Å². The minimum Gasteiger partial charge on any atom is -0.465 e. The Balaban J connectivity index is 1.45. The second kappa shape index (κ2) is 11.3. The van der Waals surface area contributed by atoms with Crippen LogP contribution in [0.25, 0.3) is 21.2 Å². The number of amides is 1. The topological polar surface area (TPSA) is 90.8 Å². The van der Waals surface area contributed by atoms with Crippen molar-refractivity contribution in [2.75, 3.05) is 43.6 Å². The van der Waals surface area contributed by atoms with E-state index in [9.17, 15) is 23.1 Å². The Morgan fingerprint density at radius 3 is 2.60 bits per heavy atom. The summed E-state index contributed by atoms with van der Waals surface area (Å²) in [5.41, 5.74) is 1.58. The van der Waals surface area contributed by atoms with Crippen molar-refractivity contribution < 1.29 is 27.8 Å². The molecule has 0 radical (unpaired) electrons. The fourth-order valence-corrected chi connectivity index (χ4v) is 5.78. The highest BCUT2D eigenvalue weighted by atomic mass is 32.1. The monoisotopic (exact) mass is 571 g/mol. The molecule has 12 heteroatoms. The van der Waals surface area contributed by atoms with Gasteiger partial charge in [-0.05, 0) is 48.4 Å². The number of benzene rings is 2. The maximum Gasteiger partial charge on any atom is 0.435 e. The van der Waals surface area contributed by atoms with Gasteiger partial charge in [0, 0.05) is 52.9 Å². The lowest BCUT2D eigenvalue weighted by molar-refractivity contribution is -0.140. The molecule has 1 fully saturated rings. The van der Waals surface area contributed by atoms with Gasteiger partial charge in [-0.15, -0.1) is 21.5 Å². The highest BCUT2D eigenvalue weighted by molar-refractivity contribution is 7.15. The zero-order chi connectivity index (χ0) is 28.4. The Morgan fingerprint density at radius 1 is 1.12 bits per heavy atom. The standard InChI is InChI=1S/C28H28F3N5O3S/c1-17(23-9-10-24(40-23)20-6-4-3-5-18(20)16-35(2)27(37)38)32-26-22-15-19(36-11-13-39-14-12-36)7-8-21(22)25(33-34-26)28(29,30)31/h3-10,15,17H,11-14,16H2,1-2H3,(H,32,34)(H,37,38). The number of halogens is 3. The van der Waals surface area contributed by atoms with E-state index in [-0.39, 0.29) is 23.8 Å². The van der Waals surface area contributed by atoms with Gasteiger partial charge in [-0.3, -0.25) is 0 Å². The van der Waals surface area contributed by atoms with Crippen molar-refractivity contribution in [1.82, 2.24) is 15.1 Å². The summed E-state index contributed by atoms with van der Waals surface area (Å²) in [4.78, 5) is 16.5. The van der Waals surface area contributed by atoms with Crippen LogP contribution in [0, 0.1) is 0 Å². The lowest BCUT2D eigenvalue weighted by Gasteiger charge is -2.29. The third-order valence-electron chi connectivity index (χ3n) is 6.83. The van der Waals surface area contributed by atoms with Gasteiger partial charge in [0.2, 0.25) is 0 Å². The van der Waals surface area contributed by atoms with Gasteiger partial charge in [-0.2, -0.15) is 13.2 Å². The maximum atomic E-state index is 13.8. The van der Waals surface area contributed by atoms with Crippen LogP contribution in [-0.2, 0) is 17.5 Å². The molecule has 1 atom stereocenters. The number of carbonyl (C=O) groups is 1. The highest BCUT2D eigenvalue weighted by Crippen LogP contribution is 2.39. The Morgan fingerprint density at radius 2 is 1.88 bits per heavy atom. The van der Waals surface area contributed by atoms with E-state index in [0.29, 0.717) is 31.7 Å². The van der Waals surface area contributed by atoms with Gasteiger partial charge in [0.15, 0.2) is 11.5 Å². The quantitative estimate of drug-likeness (QED) is 0.262. The van der Waals surface area contributed by atoms with E-state index in [1.165, 1.54) is 29.4 Å². The molecule has 3 heterocycles. The number of alkyl halides is 3. The number of morpholine rings is 1. The number of thiophene rings is 1. The summed E-state index contributed by atoms with van der Waals surface area (Å²) >= 11 is 1.52. The molecule has 1 aliphatic heterocycles. The first-order valence-corrected chi connectivity index (χ1v) is 13.5. The zero-order valence-electron chi connectivity index (χ0n) is 21.9. The molecule has 2 N–H and O–H groups in total. The number of ether oxygens (including phenoxy) is 1. The Kier molecular flexibility index (Phi) is 7.81. The summed E-state index contributed by atoms with van der Waals surface area (Å²) < 4.78 is 46.7. The van der Waals surface area contributed by atoms with Crippen LogP contribution >= 0.6 is 11.3 Å².